The first-order valence-corrected chi connectivity index (χ1v) is 5.25. The zero-order valence-corrected chi connectivity index (χ0v) is 9.61. The second-order valence-electron chi connectivity index (χ2n) is 3.67. The molecule has 0 aliphatic carbocycles. The Kier molecular flexibility index (Phi) is 3.37. The first-order chi connectivity index (χ1) is 8.67. The van der Waals surface area contributed by atoms with Gasteiger partial charge in [0.25, 0.3) is 0 Å². The fraction of sp³-hybridized carbons (Fsp3) is 0.0714. The van der Waals surface area contributed by atoms with Crippen LogP contribution in [0.25, 0.3) is 11.1 Å². The molecule has 0 saturated heterocycles. The van der Waals surface area contributed by atoms with Gasteiger partial charge < -0.3 is 4.74 Å². The Hall–Kier alpha value is -2.23. The van der Waals surface area contributed by atoms with Gasteiger partial charge in [-0.25, -0.2) is 8.78 Å². The van der Waals surface area contributed by atoms with Gasteiger partial charge in [0.1, 0.15) is 5.75 Å². The fourth-order valence-corrected chi connectivity index (χ4v) is 1.72. The molecule has 0 bridgehead atoms. The summed E-state index contributed by atoms with van der Waals surface area (Å²) in [5, 5.41) is 0. The highest BCUT2D eigenvalue weighted by molar-refractivity contribution is 5.88. The van der Waals surface area contributed by atoms with Crippen molar-refractivity contribution in [2.75, 3.05) is 7.11 Å². The van der Waals surface area contributed by atoms with E-state index in [0.717, 1.165) is 6.07 Å². The van der Waals surface area contributed by atoms with Crippen LogP contribution in [0.5, 0.6) is 5.75 Å². The minimum Gasteiger partial charge on any atom is -0.497 e. The predicted molar refractivity (Wildman–Crippen MR) is 63.7 cm³/mol. The molecule has 2 aromatic carbocycles. The number of hydrogen-bond donors (Lipinski definition) is 0. The topological polar surface area (TPSA) is 26.3 Å². The summed E-state index contributed by atoms with van der Waals surface area (Å²) in [5.74, 6) is -1.43. The average Bonchev–Trinajstić information content (AvgIpc) is 2.41. The van der Waals surface area contributed by atoms with E-state index in [0.29, 0.717) is 17.6 Å². The predicted octanol–water partition coefficient (Wildman–Crippen LogP) is 3.45. The van der Waals surface area contributed by atoms with Crippen molar-refractivity contribution in [3.8, 4) is 16.9 Å². The number of aldehydes is 1. The Morgan fingerprint density at radius 2 is 1.89 bits per heavy atom. The normalized spacial score (nSPS) is 10.2. The van der Waals surface area contributed by atoms with Crippen molar-refractivity contribution in [3.63, 3.8) is 0 Å². The maximum atomic E-state index is 13.7. The molecule has 0 fully saturated rings. The summed E-state index contributed by atoms with van der Waals surface area (Å²) in [6, 6.07) is 8.45. The summed E-state index contributed by atoms with van der Waals surface area (Å²) in [4.78, 5) is 11.0. The second-order valence-corrected chi connectivity index (χ2v) is 3.67. The standard InChI is InChI=1S/C14H10F2O2/c1-18-10-5-6-11(9(7-10)8-17)12-3-2-4-13(15)14(12)16/h2-8H,1H3. The number of halogens is 2. The first-order valence-electron chi connectivity index (χ1n) is 5.25. The molecule has 2 aromatic rings. The van der Waals surface area contributed by atoms with Crippen LogP contribution < -0.4 is 4.74 Å². The maximum absolute atomic E-state index is 13.7. The third kappa shape index (κ3) is 2.09. The first kappa shape index (κ1) is 12.2. The monoisotopic (exact) mass is 248 g/mol. The van der Waals surface area contributed by atoms with Crippen molar-refractivity contribution in [2.24, 2.45) is 0 Å². The Bertz CT molecular complexity index is 594. The molecule has 0 atom stereocenters. The molecular weight excluding hydrogens is 238 g/mol. The molecule has 18 heavy (non-hydrogen) atoms. The maximum Gasteiger partial charge on any atom is 0.166 e. The Morgan fingerprint density at radius 3 is 2.56 bits per heavy atom. The van der Waals surface area contributed by atoms with Crippen molar-refractivity contribution in [1.29, 1.82) is 0 Å². The molecule has 4 heteroatoms. The quantitative estimate of drug-likeness (QED) is 0.777. The van der Waals surface area contributed by atoms with Crippen molar-refractivity contribution in [2.45, 2.75) is 0 Å². The van der Waals surface area contributed by atoms with Gasteiger partial charge in [-0.3, -0.25) is 4.79 Å². The molecule has 0 saturated carbocycles. The minimum absolute atomic E-state index is 0.0553. The zero-order chi connectivity index (χ0) is 13.1. The summed E-state index contributed by atoms with van der Waals surface area (Å²) >= 11 is 0. The summed E-state index contributed by atoms with van der Waals surface area (Å²) in [5.41, 5.74) is 0.640. The van der Waals surface area contributed by atoms with E-state index in [2.05, 4.69) is 0 Å². The molecule has 0 unspecified atom stereocenters. The number of methoxy groups -OCH3 is 1. The van der Waals surface area contributed by atoms with Crippen molar-refractivity contribution in [3.05, 3.63) is 53.6 Å². The second kappa shape index (κ2) is 4.96. The van der Waals surface area contributed by atoms with Crippen molar-refractivity contribution < 1.29 is 18.3 Å². The van der Waals surface area contributed by atoms with Gasteiger partial charge in [-0.05, 0) is 29.8 Å². The Balaban J connectivity index is 2.63. The van der Waals surface area contributed by atoms with E-state index in [1.165, 1.54) is 31.4 Å². The molecule has 0 aromatic heterocycles. The van der Waals surface area contributed by atoms with Crippen molar-refractivity contribution in [1.82, 2.24) is 0 Å². The van der Waals surface area contributed by atoms with E-state index in [4.69, 9.17) is 4.74 Å². The molecule has 0 N–H and O–H groups in total. The SMILES string of the molecule is COc1ccc(-c2cccc(F)c2F)c(C=O)c1. The summed E-state index contributed by atoms with van der Waals surface area (Å²) in [7, 11) is 1.46. The molecule has 0 aliphatic heterocycles. The summed E-state index contributed by atoms with van der Waals surface area (Å²) < 4.78 is 31.8. The van der Waals surface area contributed by atoms with E-state index in [1.54, 1.807) is 6.07 Å². The van der Waals surface area contributed by atoms with Gasteiger partial charge in [0, 0.05) is 11.1 Å². The number of carbonyl (C=O) groups excluding carboxylic acids is 1. The third-order valence-corrected chi connectivity index (χ3v) is 2.63. The number of hydrogen-bond acceptors (Lipinski definition) is 2. The van der Waals surface area contributed by atoms with Crippen LogP contribution in [0.2, 0.25) is 0 Å². The van der Waals surface area contributed by atoms with E-state index in [-0.39, 0.29) is 11.1 Å². The van der Waals surface area contributed by atoms with E-state index in [1.807, 2.05) is 0 Å². The number of carbonyl (C=O) groups is 1. The molecular formula is C14H10F2O2. The molecule has 0 aliphatic rings. The lowest BCUT2D eigenvalue weighted by atomic mass is 9.99. The van der Waals surface area contributed by atoms with Gasteiger partial charge in [-0.15, -0.1) is 0 Å². The summed E-state index contributed by atoms with van der Waals surface area (Å²) in [6.07, 6.45) is 0.586. The molecule has 0 amide bonds. The smallest absolute Gasteiger partial charge is 0.166 e. The van der Waals surface area contributed by atoms with Gasteiger partial charge in [0.15, 0.2) is 17.9 Å². The highest BCUT2D eigenvalue weighted by atomic mass is 19.2. The van der Waals surface area contributed by atoms with Crippen LogP contribution in [-0.2, 0) is 0 Å². The zero-order valence-electron chi connectivity index (χ0n) is 9.61. The van der Waals surface area contributed by atoms with Crippen LogP contribution in [0.4, 0.5) is 8.78 Å². The Morgan fingerprint density at radius 1 is 1.11 bits per heavy atom. The highest BCUT2D eigenvalue weighted by Crippen LogP contribution is 2.29. The number of ether oxygens (including phenoxy) is 1. The summed E-state index contributed by atoms with van der Waals surface area (Å²) in [6.45, 7) is 0. The van der Waals surface area contributed by atoms with Gasteiger partial charge in [-0.1, -0.05) is 12.1 Å². The lowest BCUT2D eigenvalue weighted by molar-refractivity contribution is 0.112. The van der Waals surface area contributed by atoms with Gasteiger partial charge >= 0.3 is 0 Å². The highest BCUT2D eigenvalue weighted by Gasteiger charge is 2.13. The van der Waals surface area contributed by atoms with E-state index >= 15 is 0 Å². The molecule has 92 valence electrons. The molecule has 2 rings (SSSR count). The van der Waals surface area contributed by atoms with Crippen molar-refractivity contribution >= 4 is 6.29 Å². The molecule has 0 radical (unpaired) electrons. The van der Waals surface area contributed by atoms with Gasteiger partial charge in [0.2, 0.25) is 0 Å². The Labute approximate surface area is 103 Å². The number of benzene rings is 2. The molecule has 2 nitrogen and oxygen atoms in total. The third-order valence-electron chi connectivity index (χ3n) is 2.63. The molecule has 0 heterocycles. The van der Waals surface area contributed by atoms with Crippen LogP contribution in [0.3, 0.4) is 0 Å². The van der Waals surface area contributed by atoms with Crippen LogP contribution >= 0.6 is 0 Å². The fourth-order valence-electron chi connectivity index (χ4n) is 1.72. The lowest BCUT2D eigenvalue weighted by Gasteiger charge is -2.08. The van der Waals surface area contributed by atoms with Gasteiger partial charge in [0.05, 0.1) is 7.11 Å². The van der Waals surface area contributed by atoms with E-state index < -0.39 is 11.6 Å². The van der Waals surface area contributed by atoms with Crippen LogP contribution in [0, 0.1) is 11.6 Å². The minimum atomic E-state index is -0.967. The lowest BCUT2D eigenvalue weighted by Crippen LogP contribution is -1.94. The molecule has 0 spiro atoms. The van der Waals surface area contributed by atoms with Gasteiger partial charge in [-0.2, -0.15) is 0 Å². The average molecular weight is 248 g/mol. The van der Waals surface area contributed by atoms with Crippen LogP contribution in [0.1, 0.15) is 10.4 Å². The van der Waals surface area contributed by atoms with Crippen LogP contribution in [0.15, 0.2) is 36.4 Å². The van der Waals surface area contributed by atoms with Crippen LogP contribution in [-0.4, -0.2) is 13.4 Å². The number of rotatable bonds is 3. The largest absolute Gasteiger partial charge is 0.497 e. The van der Waals surface area contributed by atoms with E-state index in [9.17, 15) is 13.6 Å².